The highest BCUT2D eigenvalue weighted by molar-refractivity contribution is 6.42. The molecule has 0 bridgehead atoms. The van der Waals surface area contributed by atoms with E-state index >= 15 is 0 Å². The molecule has 0 spiro atoms. The zero-order chi connectivity index (χ0) is 13.8. The van der Waals surface area contributed by atoms with Gasteiger partial charge in [0.05, 0.1) is 10.0 Å². The number of amides is 2. The molecule has 1 aromatic carbocycles. The first-order chi connectivity index (χ1) is 9.04. The molecule has 19 heavy (non-hydrogen) atoms. The maximum atomic E-state index is 11.8. The van der Waals surface area contributed by atoms with E-state index in [2.05, 4.69) is 10.6 Å². The van der Waals surface area contributed by atoms with Crippen LogP contribution in [-0.2, 0) is 0 Å². The van der Waals surface area contributed by atoms with Crippen LogP contribution in [-0.4, -0.2) is 18.1 Å². The van der Waals surface area contributed by atoms with E-state index in [0.29, 0.717) is 15.7 Å². The second-order valence-electron chi connectivity index (χ2n) is 4.84. The summed E-state index contributed by atoms with van der Waals surface area (Å²) in [7, 11) is 0. The summed E-state index contributed by atoms with van der Waals surface area (Å²) in [6.45, 7) is 0. The van der Waals surface area contributed by atoms with E-state index in [1.54, 1.807) is 18.2 Å². The van der Waals surface area contributed by atoms with Gasteiger partial charge >= 0.3 is 6.03 Å². The number of benzene rings is 1. The van der Waals surface area contributed by atoms with Gasteiger partial charge in [-0.2, -0.15) is 0 Å². The number of rotatable bonds is 2. The standard InChI is InChI=1S/C13H17Cl2N3O/c14-11-6-5-10(7-12(11)15)18-13(19)17-9-3-1-8(16)2-4-9/h5-9H,1-4,16H2,(H2,17,18,19). The van der Waals surface area contributed by atoms with E-state index in [1.165, 1.54) is 0 Å². The van der Waals surface area contributed by atoms with Gasteiger partial charge in [0, 0.05) is 17.8 Å². The van der Waals surface area contributed by atoms with Gasteiger partial charge in [0.1, 0.15) is 0 Å². The van der Waals surface area contributed by atoms with Crippen LogP contribution in [0.15, 0.2) is 18.2 Å². The number of anilines is 1. The predicted octanol–water partition coefficient (Wildman–Crippen LogP) is 3.38. The molecule has 1 saturated carbocycles. The van der Waals surface area contributed by atoms with Crippen molar-refractivity contribution in [3.05, 3.63) is 28.2 Å². The molecule has 1 aromatic rings. The fourth-order valence-electron chi connectivity index (χ4n) is 2.19. The molecule has 0 radical (unpaired) electrons. The number of hydrogen-bond acceptors (Lipinski definition) is 2. The highest BCUT2D eigenvalue weighted by Gasteiger charge is 2.19. The van der Waals surface area contributed by atoms with E-state index < -0.39 is 0 Å². The maximum absolute atomic E-state index is 11.8. The summed E-state index contributed by atoms with van der Waals surface area (Å²) in [6.07, 6.45) is 3.77. The normalized spacial score (nSPS) is 22.9. The fourth-order valence-corrected chi connectivity index (χ4v) is 2.49. The molecule has 0 saturated heterocycles. The lowest BCUT2D eigenvalue weighted by Crippen LogP contribution is -2.42. The molecule has 0 atom stereocenters. The summed E-state index contributed by atoms with van der Waals surface area (Å²) in [5.74, 6) is 0. The Balaban J connectivity index is 1.85. The molecule has 1 aliphatic carbocycles. The average Bonchev–Trinajstić information content (AvgIpc) is 2.37. The van der Waals surface area contributed by atoms with Crippen LogP contribution in [0, 0.1) is 0 Å². The summed E-state index contributed by atoms with van der Waals surface area (Å²) in [4.78, 5) is 11.8. The van der Waals surface area contributed by atoms with Crippen molar-refractivity contribution in [2.45, 2.75) is 37.8 Å². The van der Waals surface area contributed by atoms with Crippen molar-refractivity contribution in [3.63, 3.8) is 0 Å². The first-order valence-corrected chi connectivity index (χ1v) is 7.08. The van der Waals surface area contributed by atoms with Crippen LogP contribution in [0.4, 0.5) is 10.5 Å². The Morgan fingerprint density at radius 2 is 1.84 bits per heavy atom. The van der Waals surface area contributed by atoms with E-state index in [1.807, 2.05) is 0 Å². The third-order valence-corrected chi connectivity index (χ3v) is 4.02. The van der Waals surface area contributed by atoms with Crippen molar-refractivity contribution >= 4 is 34.9 Å². The van der Waals surface area contributed by atoms with Gasteiger partial charge < -0.3 is 16.4 Å². The van der Waals surface area contributed by atoms with Gasteiger partial charge in [-0.05, 0) is 43.9 Å². The lowest BCUT2D eigenvalue weighted by molar-refractivity contribution is 0.242. The molecule has 0 aliphatic heterocycles. The van der Waals surface area contributed by atoms with Crippen molar-refractivity contribution < 1.29 is 4.79 Å². The highest BCUT2D eigenvalue weighted by Crippen LogP contribution is 2.25. The number of halogens is 2. The molecule has 2 amide bonds. The van der Waals surface area contributed by atoms with E-state index in [9.17, 15) is 4.79 Å². The summed E-state index contributed by atoms with van der Waals surface area (Å²) in [5, 5.41) is 6.57. The molecule has 6 heteroatoms. The molecule has 2 rings (SSSR count). The molecule has 4 N–H and O–H groups in total. The number of carbonyl (C=O) groups is 1. The van der Waals surface area contributed by atoms with Gasteiger partial charge in [-0.1, -0.05) is 23.2 Å². The highest BCUT2D eigenvalue weighted by atomic mass is 35.5. The van der Waals surface area contributed by atoms with Gasteiger partial charge in [0.25, 0.3) is 0 Å². The van der Waals surface area contributed by atoms with Crippen molar-refractivity contribution in [2.24, 2.45) is 5.73 Å². The van der Waals surface area contributed by atoms with E-state index in [-0.39, 0.29) is 18.1 Å². The van der Waals surface area contributed by atoms with Gasteiger partial charge in [-0.3, -0.25) is 0 Å². The van der Waals surface area contributed by atoms with Crippen LogP contribution in [0.3, 0.4) is 0 Å². The monoisotopic (exact) mass is 301 g/mol. The van der Waals surface area contributed by atoms with Crippen LogP contribution in [0.25, 0.3) is 0 Å². The second-order valence-corrected chi connectivity index (χ2v) is 5.65. The van der Waals surface area contributed by atoms with Crippen LogP contribution in [0.5, 0.6) is 0 Å². The largest absolute Gasteiger partial charge is 0.335 e. The Kier molecular flexibility index (Phi) is 4.91. The summed E-state index contributed by atoms with van der Waals surface area (Å²) in [5.41, 5.74) is 6.45. The van der Waals surface area contributed by atoms with Crippen molar-refractivity contribution in [1.82, 2.24) is 5.32 Å². The Morgan fingerprint density at radius 3 is 2.47 bits per heavy atom. The van der Waals surface area contributed by atoms with E-state index in [0.717, 1.165) is 25.7 Å². The lowest BCUT2D eigenvalue weighted by atomic mass is 9.92. The molecule has 0 aromatic heterocycles. The molecule has 4 nitrogen and oxygen atoms in total. The predicted molar refractivity (Wildman–Crippen MR) is 78.8 cm³/mol. The number of nitrogens with one attached hydrogen (secondary N) is 2. The van der Waals surface area contributed by atoms with E-state index in [4.69, 9.17) is 28.9 Å². The van der Waals surface area contributed by atoms with Gasteiger partial charge in [-0.15, -0.1) is 0 Å². The Labute approximate surface area is 122 Å². The van der Waals surface area contributed by atoms with Crippen LogP contribution in [0.1, 0.15) is 25.7 Å². The maximum Gasteiger partial charge on any atom is 0.319 e. The van der Waals surface area contributed by atoms with Crippen LogP contribution < -0.4 is 16.4 Å². The number of carbonyl (C=O) groups excluding carboxylic acids is 1. The smallest absolute Gasteiger partial charge is 0.319 e. The molecule has 0 heterocycles. The Hall–Kier alpha value is -0.970. The Morgan fingerprint density at radius 1 is 1.16 bits per heavy atom. The van der Waals surface area contributed by atoms with Crippen LogP contribution in [0.2, 0.25) is 10.0 Å². The van der Waals surface area contributed by atoms with Crippen LogP contribution >= 0.6 is 23.2 Å². The molecular formula is C13H17Cl2N3O. The minimum atomic E-state index is -0.223. The molecular weight excluding hydrogens is 285 g/mol. The fraction of sp³-hybridized carbons (Fsp3) is 0.462. The molecule has 104 valence electrons. The quantitative estimate of drug-likeness (QED) is 0.784. The minimum Gasteiger partial charge on any atom is -0.335 e. The first-order valence-electron chi connectivity index (χ1n) is 6.33. The number of nitrogens with two attached hydrogens (primary N) is 1. The summed E-state index contributed by atoms with van der Waals surface area (Å²) in [6, 6.07) is 5.24. The topological polar surface area (TPSA) is 67.1 Å². The van der Waals surface area contributed by atoms with Crippen molar-refractivity contribution in [1.29, 1.82) is 0 Å². The molecule has 0 unspecified atom stereocenters. The molecule has 1 aliphatic rings. The number of urea groups is 1. The first kappa shape index (κ1) is 14.4. The van der Waals surface area contributed by atoms with Crippen molar-refractivity contribution in [3.8, 4) is 0 Å². The van der Waals surface area contributed by atoms with Gasteiger partial charge in [0.15, 0.2) is 0 Å². The van der Waals surface area contributed by atoms with Crippen molar-refractivity contribution in [2.75, 3.05) is 5.32 Å². The minimum absolute atomic E-state index is 0.197. The molecule has 1 fully saturated rings. The summed E-state index contributed by atoms with van der Waals surface area (Å²) < 4.78 is 0. The van der Waals surface area contributed by atoms with Gasteiger partial charge in [-0.25, -0.2) is 4.79 Å². The lowest BCUT2D eigenvalue weighted by Gasteiger charge is -2.26. The SMILES string of the molecule is NC1CCC(NC(=O)Nc2ccc(Cl)c(Cl)c2)CC1. The Bertz CT molecular complexity index is 459. The van der Waals surface area contributed by atoms with Gasteiger partial charge in [0.2, 0.25) is 0 Å². The average molecular weight is 302 g/mol. The zero-order valence-electron chi connectivity index (χ0n) is 10.5. The third kappa shape index (κ3) is 4.27. The number of hydrogen-bond donors (Lipinski definition) is 3. The summed E-state index contributed by atoms with van der Waals surface area (Å²) >= 11 is 11.7. The second kappa shape index (κ2) is 6.46. The zero-order valence-corrected chi connectivity index (χ0v) is 12.0. The third-order valence-electron chi connectivity index (χ3n) is 3.28.